The summed E-state index contributed by atoms with van der Waals surface area (Å²) in [7, 11) is 0. The quantitative estimate of drug-likeness (QED) is 0.734. The fourth-order valence-electron chi connectivity index (χ4n) is 2.49. The topological polar surface area (TPSA) is 45.9 Å². The molecule has 0 aromatic carbocycles. The van der Waals surface area contributed by atoms with Gasteiger partial charge in [0.25, 0.3) is 0 Å². The maximum atomic E-state index is 8.70. The van der Waals surface area contributed by atoms with E-state index in [9.17, 15) is 0 Å². The lowest BCUT2D eigenvalue weighted by molar-refractivity contribution is 0.194. The maximum Gasteiger partial charge on any atom is 0.144 e. The van der Waals surface area contributed by atoms with Gasteiger partial charge in [-0.1, -0.05) is 0 Å². The SMILES string of the molecule is N#Cc1cc(O[C@@H]2C[C@@H]3C[C@@H]3C2)ccn1. The summed E-state index contributed by atoms with van der Waals surface area (Å²) in [4.78, 5) is 3.92. The van der Waals surface area contributed by atoms with E-state index in [0.29, 0.717) is 11.8 Å². The highest BCUT2D eigenvalue weighted by Crippen LogP contribution is 2.52. The van der Waals surface area contributed by atoms with Crippen molar-refractivity contribution in [1.82, 2.24) is 4.98 Å². The Bertz CT molecular complexity index is 414. The number of nitrogens with zero attached hydrogens (tertiary/aromatic N) is 2. The molecule has 2 aliphatic rings. The zero-order valence-electron chi connectivity index (χ0n) is 8.39. The predicted molar refractivity (Wildman–Crippen MR) is 54.2 cm³/mol. The van der Waals surface area contributed by atoms with Crippen LogP contribution in [0, 0.1) is 23.2 Å². The fourth-order valence-corrected chi connectivity index (χ4v) is 2.49. The molecule has 1 heterocycles. The van der Waals surface area contributed by atoms with Gasteiger partial charge in [-0.25, -0.2) is 4.98 Å². The third-order valence-electron chi connectivity index (χ3n) is 3.35. The highest BCUT2D eigenvalue weighted by molar-refractivity contribution is 5.30. The summed E-state index contributed by atoms with van der Waals surface area (Å²) in [6, 6.07) is 5.56. The van der Waals surface area contributed by atoms with E-state index in [0.717, 1.165) is 17.6 Å². The Morgan fingerprint density at radius 3 is 2.87 bits per heavy atom. The van der Waals surface area contributed by atoms with Crippen LogP contribution in [0.2, 0.25) is 0 Å². The molecular weight excluding hydrogens is 188 g/mol. The minimum absolute atomic E-state index is 0.364. The van der Waals surface area contributed by atoms with E-state index in [2.05, 4.69) is 4.98 Å². The monoisotopic (exact) mass is 200 g/mol. The van der Waals surface area contributed by atoms with Crippen molar-refractivity contribution >= 4 is 0 Å². The van der Waals surface area contributed by atoms with Crippen LogP contribution in [-0.2, 0) is 0 Å². The second-order valence-electron chi connectivity index (χ2n) is 4.46. The molecule has 76 valence electrons. The molecular formula is C12H12N2O. The van der Waals surface area contributed by atoms with Crippen molar-refractivity contribution in [3.8, 4) is 11.8 Å². The summed E-state index contributed by atoms with van der Waals surface area (Å²) in [5.41, 5.74) is 0.427. The lowest BCUT2D eigenvalue weighted by Crippen LogP contribution is -2.13. The van der Waals surface area contributed by atoms with Crippen molar-refractivity contribution in [2.75, 3.05) is 0 Å². The number of fused-ring (bicyclic) bond motifs is 1. The fraction of sp³-hybridized carbons (Fsp3) is 0.500. The van der Waals surface area contributed by atoms with Gasteiger partial charge in [-0.3, -0.25) is 0 Å². The van der Waals surface area contributed by atoms with Crippen molar-refractivity contribution in [2.45, 2.75) is 25.4 Å². The van der Waals surface area contributed by atoms with Crippen molar-refractivity contribution in [3.05, 3.63) is 24.0 Å². The zero-order valence-corrected chi connectivity index (χ0v) is 8.39. The number of hydrogen-bond acceptors (Lipinski definition) is 3. The third-order valence-corrected chi connectivity index (χ3v) is 3.35. The molecule has 15 heavy (non-hydrogen) atoms. The number of hydrogen-bond donors (Lipinski definition) is 0. The maximum absolute atomic E-state index is 8.70. The first-order valence-corrected chi connectivity index (χ1v) is 5.38. The highest BCUT2D eigenvalue weighted by atomic mass is 16.5. The van der Waals surface area contributed by atoms with Crippen molar-refractivity contribution in [3.63, 3.8) is 0 Å². The molecule has 2 aliphatic carbocycles. The third kappa shape index (κ3) is 1.68. The minimum atomic E-state index is 0.364. The smallest absolute Gasteiger partial charge is 0.144 e. The van der Waals surface area contributed by atoms with Crippen LogP contribution < -0.4 is 4.74 Å². The molecule has 3 heteroatoms. The van der Waals surface area contributed by atoms with E-state index >= 15 is 0 Å². The van der Waals surface area contributed by atoms with E-state index < -0.39 is 0 Å². The van der Waals surface area contributed by atoms with Crippen molar-refractivity contribution in [1.29, 1.82) is 5.26 Å². The first kappa shape index (κ1) is 8.72. The summed E-state index contributed by atoms with van der Waals surface area (Å²) in [6.07, 6.45) is 5.77. The molecule has 2 saturated carbocycles. The van der Waals surface area contributed by atoms with Crippen LogP contribution in [0.4, 0.5) is 0 Å². The van der Waals surface area contributed by atoms with E-state index in [-0.39, 0.29) is 0 Å². The summed E-state index contributed by atoms with van der Waals surface area (Å²) in [5.74, 6) is 2.63. The van der Waals surface area contributed by atoms with Gasteiger partial charge in [0.1, 0.15) is 17.5 Å². The molecule has 3 atom stereocenters. The standard InChI is InChI=1S/C12H12N2O/c13-7-10-6-11(1-2-14-10)15-12-4-8-3-9(8)5-12/h1-2,6,8-9,12H,3-5H2/t8-,9+,12+. The van der Waals surface area contributed by atoms with Crippen LogP contribution in [0.5, 0.6) is 5.75 Å². The number of aromatic nitrogens is 1. The Morgan fingerprint density at radius 2 is 2.13 bits per heavy atom. The number of rotatable bonds is 2. The summed E-state index contributed by atoms with van der Waals surface area (Å²) in [5, 5.41) is 8.70. The van der Waals surface area contributed by atoms with Crippen LogP contribution in [0.1, 0.15) is 25.0 Å². The largest absolute Gasteiger partial charge is 0.490 e. The van der Waals surface area contributed by atoms with Crippen LogP contribution >= 0.6 is 0 Å². The molecule has 0 N–H and O–H groups in total. The van der Waals surface area contributed by atoms with Gasteiger partial charge in [-0.15, -0.1) is 0 Å². The Balaban J connectivity index is 1.68. The van der Waals surface area contributed by atoms with Crippen LogP contribution in [0.3, 0.4) is 0 Å². The molecule has 0 aliphatic heterocycles. The van der Waals surface area contributed by atoms with Gasteiger partial charge in [0.15, 0.2) is 0 Å². The molecule has 3 nitrogen and oxygen atoms in total. The van der Waals surface area contributed by atoms with Gasteiger partial charge in [-0.2, -0.15) is 5.26 Å². The summed E-state index contributed by atoms with van der Waals surface area (Å²) in [6.45, 7) is 0. The zero-order chi connectivity index (χ0) is 10.3. The molecule has 0 radical (unpaired) electrons. The molecule has 0 amide bonds. The molecule has 1 aromatic rings. The van der Waals surface area contributed by atoms with E-state index in [4.69, 9.17) is 10.00 Å². The Hall–Kier alpha value is -1.56. The lowest BCUT2D eigenvalue weighted by atomic mass is 10.2. The predicted octanol–water partition coefficient (Wildman–Crippen LogP) is 2.13. The Labute approximate surface area is 88.7 Å². The highest BCUT2D eigenvalue weighted by Gasteiger charge is 2.46. The second kappa shape index (κ2) is 3.23. The van der Waals surface area contributed by atoms with Gasteiger partial charge in [0, 0.05) is 12.3 Å². The van der Waals surface area contributed by atoms with Crippen molar-refractivity contribution < 1.29 is 4.74 Å². The van der Waals surface area contributed by atoms with Gasteiger partial charge in [0.05, 0.1) is 6.10 Å². The normalized spacial score (nSPS) is 31.8. The molecule has 0 bridgehead atoms. The second-order valence-corrected chi connectivity index (χ2v) is 4.46. The molecule has 3 rings (SSSR count). The molecule has 0 unspecified atom stereocenters. The number of ether oxygens (including phenoxy) is 1. The van der Waals surface area contributed by atoms with Crippen LogP contribution in [-0.4, -0.2) is 11.1 Å². The number of nitriles is 1. The van der Waals surface area contributed by atoms with Gasteiger partial charge in [-0.05, 0) is 37.2 Å². The summed E-state index contributed by atoms with van der Waals surface area (Å²) >= 11 is 0. The average Bonchev–Trinajstić information content (AvgIpc) is 2.87. The van der Waals surface area contributed by atoms with Crippen LogP contribution in [0.25, 0.3) is 0 Å². The molecule has 2 fully saturated rings. The van der Waals surface area contributed by atoms with E-state index in [1.807, 2.05) is 12.1 Å². The van der Waals surface area contributed by atoms with Gasteiger partial charge in [0.2, 0.25) is 0 Å². The van der Waals surface area contributed by atoms with E-state index in [1.54, 1.807) is 12.3 Å². The van der Waals surface area contributed by atoms with Gasteiger partial charge < -0.3 is 4.74 Å². The Morgan fingerprint density at radius 1 is 1.33 bits per heavy atom. The first-order chi connectivity index (χ1) is 7.35. The van der Waals surface area contributed by atoms with Crippen LogP contribution in [0.15, 0.2) is 18.3 Å². The first-order valence-electron chi connectivity index (χ1n) is 5.38. The average molecular weight is 200 g/mol. The van der Waals surface area contributed by atoms with Crippen molar-refractivity contribution in [2.24, 2.45) is 11.8 Å². The minimum Gasteiger partial charge on any atom is -0.490 e. The lowest BCUT2D eigenvalue weighted by Gasteiger charge is -2.14. The number of pyridine rings is 1. The molecule has 0 saturated heterocycles. The Kier molecular flexibility index (Phi) is 1.88. The molecule has 0 spiro atoms. The summed E-state index contributed by atoms with van der Waals surface area (Å²) < 4.78 is 5.83. The van der Waals surface area contributed by atoms with E-state index in [1.165, 1.54) is 19.3 Å². The van der Waals surface area contributed by atoms with Gasteiger partial charge >= 0.3 is 0 Å². The molecule has 1 aromatic heterocycles.